The zero-order valence-electron chi connectivity index (χ0n) is 8.65. The number of aliphatic hydroxyl groups is 1. The van der Waals surface area contributed by atoms with Crippen molar-refractivity contribution in [3.8, 4) is 6.07 Å². The summed E-state index contributed by atoms with van der Waals surface area (Å²) >= 11 is 0. The first-order valence-corrected chi connectivity index (χ1v) is 4.86. The van der Waals surface area contributed by atoms with E-state index in [1.165, 1.54) is 0 Å². The first-order chi connectivity index (χ1) is 7.77. The van der Waals surface area contributed by atoms with Crippen molar-refractivity contribution in [1.29, 1.82) is 5.26 Å². The van der Waals surface area contributed by atoms with Crippen molar-refractivity contribution >= 4 is 13.3 Å². The second-order valence-electron chi connectivity index (χ2n) is 3.27. The molecule has 5 heteroatoms. The quantitative estimate of drug-likeness (QED) is 0.442. The van der Waals surface area contributed by atoms with E-state index in [1.54, 1.807) is 6.07 Å². The van der Waals surface area contributed by atoms with Crippen LogP contribution in [-0.2, 0) is 11.1 Å². The minimum absolute atomic E-state index is 0.430. The van der Waals surface area contributed by atoms with Gasteiger partial charge in [-0.2, -0.15) is 0 Å². The SMILES string of the molecule is N#CC(O)C(Cc1ccccc1)/N=C\B=O. The van der Waals surface area contributed by atoms with Crippen LogP contribution in [0.3, 0.4) is 0 Å². The predicted molar refractivity (Wildman–Crippen MR) is 60.5 cm³/mol. The molecule has 0 saturated carbocycles. The van der Waals surface area contributed by atoms with Gasteiger partial charge in [0.1, 0.15) is 0 Å². The molecule has 0 radical (unpaired) electrons. The van der Waals surface area contributed by atoms with E-state index >= 15 is 0 Å². The summed E-state index contributed by atoms with van der Waals surface area (Å²) in [6, 6.07) is 10.5. The minimum atomic E-state index is -1.20. The molecule has 0 bridgehead atoms. The summed E-state index contributed by atoms with van der Waals surface area (Å²) in [6.07, 6.45) is 0.296. The first kappa shape index (κ1) is 12.3. The van der Waals surface area contributed by atoms with Crippen LogP contribution in [0.5, 0.6) is 0 Å². The van der Waals surface area contributed by atoms with Crippen molar-refractivity contribution in [3.63, 3.8) is 0 Å². The van der Waals surface area contributed by atoms with E-state index in [9.17, 15) is 9.81 Å². The summed E-state index contributed by atoms with van der Waals surface area (Å²) in [6.45, 7) is 0. The maximum atomic E-state index is 10.2. The van der Waals surface area contributed by atoms with Gasteiger partial charge in [0.25, 0.3) is 0 Å². The van der Waals surface area contributed by atoms with Gasteiger partial charge in [-0.25, -0.2) is 0 Å². The Morgan fingerprint density at radius 3 is 2.75 bits per heavy atom. The maximum absolute atomic E-state index is 10.2. The Balaban J connectivity index is 2.75. The molecule has 0 aliphatic carbocycles. The normalized spacial score (nSPS) is 14.0. The second kappa shape index (κ2) is 6.65. The van der Waals surface area contributed by atoms with Crippen LogP contribution in [-0.4, -0.2) is 30.5 Å². The molecule has 80 valence electrons. The average molecular weight is 214 g/mol. The van der Waals surface area contributed by atoms with E-state index in [0.717, 1.165) is 11.7 Å². The number of hydrogen-bond acceptors (Lipinski definition) is 4. The monoisotopic (exact) mass is 214 g/mol. The van der Waals surface area contributed by atoms with Crippen LogP contribution in [0, 0.1) is 11.3 Å². The number of rotatable bonds is 5. The molecule has 0 saturated heterocycles. The number of benzene rings is 1. The molecule has 2 unspecified atom stereocenters. The zero-order chi connectivity index (χ0) is 11.8. The van der Waals surface area contributed by atoms with Gasteiger partial charge < -0.3 is 0 Å². The Morgan fingerprint density at radius 2 is 2.19 bits per heavy atom. The third-order valence-corrected chi connectivity index (χ3v) is 2.12. The molecule has 1 rings (SSSR count). The average Bonchev–Trinajstić information content (AvgIpc) is 2.34. The Labute approximate surface area is 94.5 Å². The van der Waals surface area contributed by atoms with Crippen molar-refractivity contribution in [2.75, 3.05) is 0 Å². The van der Waals surface area contributed by atoms with Gasteiger partial charge in [0.05, 0.1) is 0 Å². The molecule has 0 heterocycles. The van der Waals surface area contributed by atoms with Gasteiger partial charge in [0.15, 0.2) is 0 Å². The fourth-order valence-corrected chi connectivity index (χ4v) is 1.33. The molecular formula is C11H11BN2O2. The van der Waals surface area contributed by atoms with E-state index in [2.05, 4.69) is 4.99 Å². The molecule has 0 spiro atoms. The molecule has 0 aromatic heterocycles. The van der Waals surface area contributed by atoms with E-state index in [0.29, 0.717) is 13.6 Å². The van der Waals surface area contributed by atoms with Gasteiger partial charge in [-0.3, -0.25) is 0 Å². The number of nitrogens with zero attached hydrogens (tertiary/aromatic N) is 2. The summed E-state index contributed by atoms with van der Waals surface area (Å²) in [5.41, 5.74) is 0.963. The molecular weight excluding hydrogens is 203 g/mol. The van der Waals surface area contributed by atoms with E-state index in [1.807, 2.05) is 30.3 Å². The Morgan fingerprint density at radius 1 is 1.50 bits per heavy atom. The number of aliphatic hydroxyl groups excluding tert-OH is 1. The number of aliphatic imine (C=N–C) groups is 1. The standard InChI is InChI=1S/C11H11BN2O2/c13-7-11(15)10(14-8-12-16)6-9-4-2-1-3-5-9/h1-5,8,10-11,15H,6H2/b14-8-. The van der Waals surface area contributed by atoms with Crippen LogP contribution < -0.4 is 0 Å². The van der Waals surface area contributed by atoms with Crippen molar-refractivity contribution in [2.45, 2.75) is 18.6 Å². The summed E-state index contributed by atoms with van der Waals surface area (Å²) in [5.74, 6) is 0. The Kier molecular flexibility index (Phi) is 5.10. The third-order valence-electron chi connectivity index (χ3n) is 2.12. The van der Waals surface area contributed by atoms with Crippen LogP contribution in [0.2, 0.25) is 0 Å². The van der Waals surface area contributed by atoms with Crippen LogP contribution in [0.15, 0.2) is 35.3 Å². The van der Waals surface area contributed by atoms with Crippen LogP contribution >= 0.6 is 0 Å². The molecule has 2 atom stereocenters. The van der Waals surface area contributed by atoms with Gasteiger partial charge in [-0.05, 0) is 0 Å². The first-order valence-electron chi connectivity index (χ1n) is 4.86. The van der Waals surface area contributed by atoms with Crippen molar-refractivity contribution < 1.29 is 9.81 Å². The second-order valence-corrected chi connectivity index (χ2v) is 3.27. The van der Waals surface area contributed by atoms with Gasteiger partial charge in [0.2, 0.25) is 0 Å². The molecule has 0 amide bonds. The van der Waals surface area contributed by atoms with E-state index in [-0.39, 0.29) is 0 Å². The molecule has 1 aromatic carbocycles. The fraction of sp³-hybridized carbons (Fsp3) is 0.273. The van der Waals surface area contributed by atoms with Gasteiger partial charge in [-0.1, -0.05) is 0 Å². The van der Waals surface area contributed by atoms with Crippen LogP contribution in [0.25, 0.3) is 0 Å². The number of nitriles is 1. The molecule has 16 heavy (non-hydrogen) atoms. The van der Waals surface area contributed by atoms with Crippen LogP contribution in [0.4, 0.5) is 0 Å². The van der Waals surface area contributed by atoms with Gasteiger partial charge in [-0.15, -0.1) is 0 Å². The molecule has 0 aliphatic rings. The van der Waals surface area contributed by atoms with E-state index in [4.69, 9.17) is 5.26 Å². The van der Waals surface area contributed by atoms with Crippen LogP contribution in [0.1, 0.15) is 5.56 Å². The fourth-order valence-electron chi connectivity index (χ4n) is 1.33. The summed E-state index contributed by atoms with van der Waals surface area (Å²) in [7, 11) is 0.530. The van der Waals surface area contributed by atoms with E-state index < -0.39 is 12.1 Å². The molecule has 0 fully saturated rings. The van der Waals surface area contributed by atoms with Crippen molar-refractivity contribution in [3.05, 3.63) is 35.9 Å². The van der Waals surface area contributed by atoms with Crippen molar-refractivity contribution in [1.82, 2.24) is 0 Å². The molecule has 1 aromatic rings. The summed E-state index contributed by atoms with van der Waals surface area (Å²) in [4.78, 5) is 3.84. The zero-order valence-corrected chi connectivity index (χ0v) is 8.65. The topological polar surface area (TPSA) is 73.4 Å². The van der Waals surface area contributed by atoms with Gasteiger partial charge >= 0.3 is 93.9 Å². The van der Waals surface area contributed by atoms with Crippen molar-refractivity contribution in [2.24, 2.45) is 4.99 Å². The molecule has 1 N–H and O–H groups in total. The molecule has 4 nitrogen and oxygen atoms in total. The third kappa shape index (κ3) is 3.75. The summed E-state index contributed by atoms with van der Waals surface area (Å²) in [5, 5.41) is 18.0. The Hall–Kier alpha value is -1.80. The molecule has 0 aliphatic heterocycles. The van der Waals surface area contributed by atoms with Gasteiger partial charge in [0, 0.05) is 0 Å². The predicted octanol–water partition coefficient (Wildman–Crippen LogP) is 0.560. The summed E-state index contributed by atoms with van der Waals surface area (Å²) < 4.78 is 10.2. The number of hydrogen-bond donors (Lipinski definition) is 1. The Bertz CT molecular complexity index is 400.